The third-order valence-corrected chi connectivity index (χ3v) is 6.30. The van der Waals surface area contributed by atoms with Crippen molar-refractivity contribution in [2.24, 2.45) is 11.7 Å². The topological polar surface area (TPSA) is 130 Å². The standard InChI is InChI=1S/C26H50N2O5/c1-3-4-5-6-7-8-9-10-11-12-13-14-15-16-17-18-19-22(25(30)31)20-23(26(32)33)28-24(29)21(2)27/h21-23H,3-20,27H2,1-2H3,(H,28,29)(H,30,31)(H,32,33)/t21-,22?,23-/m1/s1. The molecule has 5 N–H and O–H groups in total. The van der Waals surface area contributed by atoms with Gasteiger partial charge in [-0.25, -0.2) is 4.79 Å². The average molecular weight is 471 g/mol. The monoisotopic (exact) mass is 470 g/mol. The molecular formula is C26H50N2O5. The van der Waals surface area contributed by atoms with E-state index in [2.05, 4.69) is 12.2 Å². The lowest BCUT2D eigenvalue weighted by atomic mass is 9.93. The molecule has 0 aliphatic rings. The molecule has 0 radical (unpaired) electrons. The Morgan fingerprint density at radius 1 is 0.697 bits per heavy atom. The number of nitrogens with one attached hydrogen (secondary N) is 1. The fraction of sp³-hybridized carbons (Fsp3) is 0.885. The quantitative estimate of drug-likeness (QED) is 0.143. The molecule has 0 saturated carbocycles. The van der Waals surface area contributed by atoms with Crippen LogP contribution in [0.2, 0.25) is 0 Å². The molecule has 0 aromatic heterocycles. The van der Waals surface area contributed by atoms with Gasteiger partial charge in [0.05, 0.1) is 12.0 Å². The zero-order valence-electron chi connectivity index (χ0n) is 21.2. The molecule has 0 rings (SSSR count). The summed E-state index contributed by atoms with van der Waals surface area (Å²) in [4.78, 5) is 34.6. The van der Waals surface area contributed by atoms with Gasteiger partial charge in [-0.15, -0.1) is 0 Å². The number of carbonyl (C=O) groups excluding carboxylic acids is 1. The summed E-state index contributed by atoms with van der Waals surface area (Å²) in [5, 5.41) is 21.1. The largest absolute Gasteiger partial charge is 0.481 e. The smallest absolute Gasteiger partial charge is 0.326 e. The second-order valence-electron chi connectivity index (χ2n) is 9.55. The number of unbranched alkanes of at least 4 members (excludes halogenated alkanes) is 15. The van der Waals surface area contributed by atoms with Crippen LogP contribution in [0, 0.1) is 5.92 Å². The summed E-state index contributed by atoms with van der Waals surface area (Å²) >= 11 is 0. The number of aliphatic carboxylic acids is 2. The number of hydrogen-bond acceptors (Lipinski definition) is 4. The highest BCUT2D eigenvalue weighted by Crippen LogP contribution is 2.19. The van der Waals surface area contributed by atoms with E-state index in [-0.39, 0.29) is 6.42 Å². The molecule has 1 amide bonds. The molecule has 1 unspecified atom stereocenters. The van der Waals surface area contributed by atoms with E-state index in [0.717, 1.165) is 25.7 Å². The molecule has 0 spiro atoms. The molecule has 0 aromatic carbocycles. The first-order valence-corrected chi connectivity index (χ1v) is 13.3. The summed E-state index contributed by atoms with van der Waals surface area (Å²) < 4.78 is 0. The van der Waals surface area contributed by atoms with Gasteiger partial charge in [-0.2, -0.15) is 0 Å². The van der Waals surface area contributed by atoms with Crippen molar-refractivity contribution >= 4 is 17.8 Å². The minimum Gasteiger partial charge on any atom is -0.481 e. The Kier molecular flexibility index (Phi) is 19.9. The lowest BCUT2D eigenvalue weighted by Gasteiger charge is -2.20. The summed E-state index contributed by atoms with van der Waals surface area (Å²) in [6.07, 6.45) is 20.3. The zero-order valence-corrected chi connectivity index (χ0v) is 21.2. The van der Waals surface area contributed by atoms with Crippen molar-refractivity contribution in [1.29, 1.82) is 0 Å². The predicted molar refractivity (Wildman–Crippen MR) is 133 cm³/mol. The maximum absolute atomic E-state index is 11.7. The fourth-order valence-corrected chi connectivity index (χ4v) is 4.09. The zero-order chi connectivity index (χ0) is 24.9. The maximum Gasteiger partial charge on any atom is 0.326 e. The number of rotatable bonds is 23. The van der Waals surface area contributed by atoms with Crippen LogP contribution in [0.3, 0.4) is 0 Å². The molecule has 0 aliphatic carbocycles. The van der Waals surface area contributed by atoms with Crippen molar-refractivity contribution in [3.63, 3.8) is 0 Å². The highest BCUT2D eigenvalue weighted by atomic mass is 16.4. The molecule has 0 saturated heterocycles. The van der Waals surface area contributed by atoms with Crippen molar-refractivity contribution in [3.8, 4) is 0 Å². The molecule has 194 valence electrons. The number of carboxylic acid groups (broad SMARTS) is 2. The molecule has 3 atom stereocenters. The summed E-state index contributed by atoms with van der Waals surface area (Å²) in [5.41, 5.74) is 5.46. The van der Waals surface area contributed by atoms with E-state index in [1.165, 1.54) is 84.0 Å². The second kappa shape index (κ2) is 20.9. The van der Waals surface area contributed by atoms with E-state index < -0.39 is 35.8 Å². The maximum atomic E-state index is 11.7. The first-order chi connectivity index (χ1) is 15.8. The van der Waals surface area contributed by atoms with Gasteiger partial charge in [0, 0.05) is 0 Å². The Balaban J connectivity index is 3.79. The number of carbonyl (C=O) groups is 3. The lowest BCUT2D eigenvalue weighted by Crippen LogP contribution is -2.48. The Morgan fingerprint density at radius 3 is 1.42 bits per heavy atom. The van der Waals surface area contributed by atoms with Gasteiger partial charge in [0.1, 0.15) is 6.04 Å². The van der Waals surface area contributed by atoms with Gasteiger partial charge in [-0.1, -0.05) is 110 Å². The Hall–Kier alpha value is -1.63. The van der Waals surface area contributed by atoms with Crippen molar-refractivity contribution < 1.29 is 24.6 Å². The van der Waals surface area contributed by atoms with E-state index in [1.54, 1.807) is 0 Å². The number of nitrogens with two attached hydrogens (primary N) is 1. The Morgan fingerprint density at radius 2 is 1.09 bits per heavy atom. The van der Waals surface area contributed by atoms with Crippen molar-refractivity contribution in [2.45, 2.75) is 142 Å². The Labute approximate surface area is 201 Å². The first-order valence-electron chi connectivity index (χ1n) is 13.3. The molecule has 0 aliphatic heterocycles. The highest BCUT2D eigenvalue weighted by molar-refractivity contribution is 5.86. The van der Waals surface area contributed by atoms with Crippen LogP contribution in [0.15, 0.2) is 0 Å². The molecular weight excluding hydrogens is 420 g/mol. The van der Waals surface area contributed by atoms with E-state index >= 15 is 0 Å². The summed E-state index contributed by atoms with van der Waals surface area (Å²) in [6.45, 7) is 3.71. The van der Waals surface area contributed by atoms with Crippen molar-refractivity contribution in [2.75, 3.05) is 0 Å². The summed E-state index contributed by atoms with van der Waals surface area (Å²) in [5.74, 6) is -3.63. The van der Waals surface area contributed by atoms with Crippen molar-refractivity contribution in [3.05, 3.63) is 0 Å². The molecule has 0 bridgehead atoms. The summed E-state index contributed by atoms with van der Waals surface area (Å²) in [6, 6.07) is -2.07. The van der Waals surface area contributed by atoms with Gasteiger partial charge in [0.2, 0.25) is 5.91 Å². The second-order valence-corrected chi connectivity index (χ2v) is 9.55. The van der Waals surface area contributed by atoms with Gasteiger partial charge >= 0.3 is 11.9 Å². The number of carboxylic acids is 2. The van der Waals surface area contributed by atoms with Crippen LogP contribution in [0.1, 0.15) is 129 Å². The highest BCUT2D eigenvalue weighted by Gasteiger charge is 2.28. The van der Waals surface area contributed by atoms with Crippen LogP contribution in [-0.4, -0.2) is 40.1 Å². The van der Waals surface area contributed by atoms with E-state index in [1.807, 2.05) is 0 Å². The van der Waals surface area contributed by atoms with Crippen molar-refractivity contribution in [1.82, 2.24) is 5.32 Å². The number of hydrogen-bond donors (Lipinski definition) is 4. The van der Waals surface area contributed by atoms with Crippen LogP contribution in [-0.2, 0) is 14.4 Å². The minimum atomic E-state index is -1.23. The molecule has 7 heteroatoms. The lowest BCUT2D eigenvalue weighted by molar-refractivity contribution is -0.146. The average Bonchev–Trinajstić information content (AvgIpc) is 2.76. The fourth-order valence-electron chi connectivity index (χ4n) is 4.09. The van der Waals surface area contributed by atoms with Crippen LogP contribution in [0.5, 0.6) is 0 Å². The molecule has 0 heterocycles. The van der Waals surface area contributed by atoms with Crippen LogP contribution in [0.25, 0.3) is 0 Å². The normalized spacial score (nSPS) is 13.9. The summed E-state index contributed by atoms with van der Waals surface area (Å²) in [7, 11) is 0. The predicted octanol–water partition coefficient (Wildman–Crippen LogP) is 5.65. The molecule has 7 nitrogen and oxygen atoms in total. The van der Waals surface area contributed by atoms with Gasteiger partial charge in [0.15, 0.2) is 0 Å². The molecule has 0 aromatic rings. The molecule has 33 heavy (non-hydrogen) atoms. The van der Waals surface area contributed by atoms with Gasteiger partial charge in [-0.05, 0) is 19.8 Å². The Bertz CT molecular complexity index is 525. The SMILES string of the molecule is CCCCCCCCCCCCCCCCCCC(C[C@@H](NC(=O)[C@@H](C)N)C(=O)O)C(=O)O. The van der Waals surface area contributed by atoms with Crippen LogP contribution < -0.4 is 11.1 Å². The first kappa shape index (κ1) is 31.4. The third-order valence-electron chi connectivity index (χ3n) is 6.30. The van der Waals surface area contributed by atoms with Gasteiger partial charge < -0.3 is 21.3 Å². The van der Waals surface area contributed by atoms with E-state index in [9.17, 15) is 24.6 Å². The van der Waals surface area contributed by atoms with E-state index in [4.69, 9.17) is 5.73 Å². The molecule has 0 fully saturated rings. The minimum absolute atomic E-state index is 0.123. The van der Waals surface area contributed by atoms with Gasteiger partial charge in [0.25, 0.3) is 0 Å². The third kappa shape index (κ3) is 18.5. The van der Waals surface area contributed by atoms with E-state index in [0.29, 0.717) is 6.42 Å². The van der Waals surface area contributed by atoms with Gasteiger partial charge in [-0.3, -0.25) is 9.59 Å². The number of amides is 1. The van der Waals surface area contributed by atoms with Crippen LogP contribution in [0.4, 0.5) is 0 Å². The van der Waals surface area contributed by atoms with Crippen LogP contribution >= 0.6 is 0 Å².